The van der Waals surface area contributed by atoms with Crippen LogP contribution in [-0.2, 0) is 9.59 Å². The van der Waals surface area contributed by atoms with E-state index < -0.39 is 23.7 Å². The van der Waals surface area contributed by atoms with E-state index in [2.05, 4.69) is 5.32 Å². The number of rotatable bonds is 2. The normalized spacial score (nSPS) is 16.5. The van der Waals surface area contributed by atoms with E-state index in [0.717, 1.165) is 17.0 Å². The van der Waals surface area contributed by atoms with Crippen molar-refractivity contribution in [3.63, 3.8) is 0 Å². The first-order valence-corrected chi connectivity index (χ1v) is 7.27. The molecule has 24 heavy (non-hydrogen) atoms. The first-order valence-electron chi connectivity index (χ1n) is 6.89. The highest BCUT2D eigenvalue weighted by Crippen LogP contribution is 2.24. The van der Waals surface area contributed by atoms with Crippen LogP contribution in [0.1, 0.15) is 5.56 Å². The molecule has 0 atom stereocenters. The first-order chi connectivity index (χ1) is 11.5. The molecule has 1 heterocycles. The minimum Gasteiger partial charge on any atom is -0.273 e. The van der Waals surface area contributed by atoms with Gasteiger partial charge in [-0.2, -0.15) is 0 Å². The SMILES string of the molecule is O=C1NC(=O)N(c2ccc(F)cc2)C(=O)C1=Cc1ccccc1Cl. The molecule has 0 aliphatic carbocycles. The molecule has 1 N–H and O–H groups in total. The molecule has 2 aromatic carbocycles. The lowest BCUT2D eigenvalue weighted by molar-refractivity contribution is -0.122. The average molecular weight is 345 g/mol. The number of nitrogens with zero attached hydrogens (tertiary/aromatic N) is 1. The van der Waals surface area contributed by atoms with Crippen molar-refractivity contribution in [2.75, 3.05) is 4.90 Å². The van der Waals surface area contributed by atoms with E-state index in [1.807, 2.05) is 0 Å². The third kappa shape index (κ3) is 2.91. The summed E-state index contributed by atoms with van der Waals surface area (Å²) in [4.78, 5) is 37.4. The Morgan fingerprint density at radius 1 is 1.00 bits per heavy atom. The lowest BCUT2D eigenvalue weighted by Gasteiger charge is -2.26. The third-order valence-corrected chi connectivity index (χ3v) is 3.74. The highest BCUT2D eigenvalue weighted by molar-refractivity contribution is 6.39. The average Bonchev–Trinajstić information content (AvgIpc) is 2.54. The number of benzene rings is 2. The number of halogens is 2. The predicted molar refractivity (Wildman–Crippen MR) is 86.9 cm³/mol. The maximum absolute atomic E-state index is 13.0. The van der Waals surface area contributed by atoms with Crippen molar-refractivity contribution >= 4 is 41.2 Å². The van der Waals surface area contributed by atoms with Crippen LogP contribution < -0.4 is 10.2 Å². The fourth-order valence-electron chi connectivity index (χ4n) is 2.23. The summed E-state index contributed by atoms with van der Waals surface area (Å²) in [6.07, 6.45) is 1.31. The molecule has 0 bridgehead atoms. The van der Waals surface area contributed by atoms with E-state index in [1.165, 1.54) is 18.2 Å². The van der Waals surface area contributed by atoms with E-state index >= 15 is 0 Å². The molecular formula is C17H10ClFN2O3. The number of urea groups is 1. The van der Waals surface area contributed by atoms with Crippen LogP contribution in [0.3, 0.4) is 0 Å². The maximum atomic E-state index is 13.0. The number of imide groups is 2. The fourth-order valence-corrected chi connectivity index (χ4v) is 2.42. The van der Waals surface area contributed by atoms with Gasteiger partial charge < -0.3 is 0 Å². The van der Waals surface area contributed by atoms with Crippen molar-refractivity contribution < 1.29 is 18.8 Å². The summed E-state index contributed by atoms with van der Waals surface area (Å²) in [6.45, 7) is 0. The number of barbiturate groups is 1. The number of anilines is 1. The number of carbonyl (C=O) groups is 3. The molecular weight excluding hydrogens is 335 g/mol. The Labute approximate surface area is 141 Å². The second-order valence-corrected chi connectivity index (χ2v) is 5.36. The molecule has 2 aromatic rings. The highest BCUT2D eigenvalue weighted by Gasteiger charge is 2.36. The standard InChI is InChI=1S/C17H10ClFN2O3/c18-14-4-2-1-3-10(14)9-13-15(22)20-17(24)21(16(13)23)12-7-5-11(19)6-8-12/h1-9H,(H,20,22,24). The van der Waals surface area contributed by atoms with Gasteiger partial charge in [0.05, 0.1) is 5.69 Å². The van der Waals surface area contributed by atoms with Gasteiger partial charge in [0, 0.05) is 5.02 Å². The fraction of sp³-hybridized carbons (Fsp3) is 0. The van der Waals surface area contributed by atoms with Crippen molar-refractivity contribution in [3.8, 4) is 0 Å². The van der Waals surface area contributed by atoms with Gasteiger partial charge >= 0.3 is 6.03 Å². The zero-order chi connectivity index (χ0) is 17.3. The lowest BCUT2D eigenvalue weighted by atomic mass is 10.1. The molecule has 1 aliphatic heterocycles. The molecule has 0 aromatic heterocycles. The van der Waals surface area contributed by atoms with Gasteiger partial charge in [-0.05, 0) is 42.0 Å². The van der Waals surface area contributed by atoms with Crippen LogP contribution in [0.4, 0.5) is 14.9 Å². The van der Waals surface area contributed by atoms with Crippen LogP contribution >= 0.6 is 11.6 Å². The zero-order valence-electron chi connectivity index (χ0n) is 12.1. The topological polar surface area (TPSA) is 66.5 Å². The quantitative estimate of drug-likeness (QED) is 0.672. The minimum atomic E-state index is -0.895. The summed E-state index contributed by atoms with van der Waals surface area (Å²) in [6, 6.07) is 10.5. The van der Waals surface area contributed by atoms with Crippen LogP contribution in [0.25, 0.3) is 6.08 Å². The largest absolute Gasteiger partial charge is 0.335 e. The number of hydrogen-bond donors (Lipinski definition) is 1. The Kier molecular flexibility index (Phi) is 4.14. The monoisotopic (exact) mass is 344 g/mol. The van der Waals surface area contributed by atoms with E-state index in [-0.39, 0.29) is 11.3 Å². The van der Waals surface area contributed by atoms with Crippen LogP contribution in [0, 0.1) is 5.82 Å². The molecule has 0 saturated carbocycles. The first kappa shape index (κ1) is 15.9. The molecule has 5 nitrogen and oxygen atoms in total. The second kappa shape index (κ2) is 6.25. The van der Waals surface area contributed by atoms with Crippen LogP contribution in [0.2, 0.25) is 5.02 Å². The summed E-state index contributed by atoms with van der Waals surface area (Å²) >= 11 is 6.03. The molecule has 1 saturated heterocycles. The van der Waals surface area contributed by atoms with E-state index in [9.17, 15) is 18.8 Å². The van der Waals surface area contributed by atoms with Gasteiger partial charge in [0.2, 0.25) is 0 Å². The van der Waals surface area contributed by atoms with E-state index in [1.54, 1.807) is 24.3 Å². The smallest absolute Gasteiger partial charge is 0.273 e. The Morgan fingerprint density at radius 2 is 1.67 bits per heavy atom. The van der Waals surface area contributed by atoms with Gasteiger partial charge in [0.25, 0.3) is 11.8 Å². The molecule has 1 fully saturated rings. The van der Waals surface area contributed by atoms with Crippen molar-refractivity contribution in [1.29, 1.82) is 0 Å². The van der Waals surface area contributed by atoms with Crippen LogP contribution in [0.15, 0.2) is 54.1 Å². The van der Waals surface area contributed by atoms with Gasteiger partial charge in [0.1, 0.15) is 11.4 Å². The van der Waals surface area contributed by atoms with E-state index in [4.69, 9.17) is 11.6 Å². The van der Waals surface area contributed by atoms with Crippen LogP contribution in [-0.4, -0.2) is 17.8 Å². The third-order valence-electron chi connectivity index (χ3n) is 3.39. The Hall–Kier alpha value is -2.99. The van der Waals surface area contributed by atoms with Gasteiger partial charge in [-0.1, -0.05) is 29.8 Å². The van der Waals surface area contributed by atoms with Crippen molar-refractivity contribution in [2.24, 2.45) is 0 Å². The summed E-state index contributed by atoms with van der Waals surface area (Å²) in [5.41, 5.74) is 0.370. The van der Waals surface area contributed by atoms with Crippen LogP contribution in [0.5, 0.6) is 0 Å². The number of amides is 4. The Morgan fingerprint density at radius 3 is 2.33 bits per heavy atom. The summed E-state index contributed by atoms with van der Waals surface area (Å²) in [5.74, 6) is -2.13. The Balaban J connectivity index is 2.03. The molecule has 4 amide bonds. The highest BCUT2D eigenvalue weighted by atomic mass is 35.5. The lowest BCUT2D eigenvalue weighted by Crippen LogP contribution is -2.54. The van der Waals surface area contributed by atoms with Gasteiger partial charge in [-0.25, -0.2) is 14.1 Å². The van der Waals surface area contributed by atoms with Gasteiger partial charge in [-0.15, -0.1) is 0 Å². The van der Waals surface area contributed by atoms with Gasteiger partial charge in [0.15, 0.2) is 0 Å². The zero-order valence-corrected chi connectivity index (χ0v) is 12.9. The Bertz CT molecular complexity index is 878. The van der Waals surface area contributed by atoms with Gasteiger partial charge in [-0.3, -0.25) is 14.9 Å². The number of hydrogen-bond acceptors (Lipinski definition) is 3. The van der Waals surface area contributed by atoms with Crippen molar-refractivity contribution in [1.82, 2.24) is 5.32 Å². The molecule has 120 valence electrons. The molecule has 3 rings (SSSR count). The molecule has 0 unspecified atom stereocenters. The van der Waals surface area contributed by atoms with Crippen molar-refractivity contribution in [3.05, 3.63) is 70.5 Å². The predicted octanol–water partition coefficient (Wildman–Crippen LogP) is 3.15. The summed E-state index contributed by atoms with van der Waals surface area (Å²) in [7, 11) is 0. The minimum absolute atomic E-state index is 0.149. The summed E-state index contributed by atoms with van der Waals surface area (Å²) in [5, 5.41) is 2.44. The molecule has 7 heteroatoms. The molecule has 1 aliphatic rings. The van der Waals surface area contributed by atoms with E-state index in [0.29, 0.717) is 10.6 Å². The summed E-state index contributed by atoms with van der Waals surface area (Å²) < 4.78 is 13.0. The molecule has 0 spiro atoms. The number of carbonyl (C=O) groups excluding carboxylic acids is 3. The number of nitrogens with one attached hydrogen (secondary N) is 1. The second-order valence-electron chi connectivity index (χ2n) is 4.96. The van der Waals surface area contributed by atoms with Crippen molar-refractivity contribution in [2.45, 2.75) is 0 Å². The maximum Gasteiger partial charge on any atom is 0.335 e. The molecule has 0 radical (unpaired) electrons.